The molecule has 3 rings (SSSR count). The number of carbonyl (C=O) groups is 1. The van der Waals surface area contributed by atoms with Crippen LogP contribution in [0.2, 0.25) is 0 Å². The molecule has 0 aromatic carbocycles. The largest absolute Gasteiger partial charge is 0.504 e. The fourth-order valence-corrected chi connectivity index (χ4v) is 6.87. The average molecular weight is 384 g/mol. The van der Waals surface area contributed by atoms with Crippen LogP contribution in [0.1, 0.15) is 34.1 Å². The van der Waals surface area contributed by atoms with Crippen molar-refractivity contribution in [1.29, 1.82) is 0 Å². The summed E-state index contributed by atoms with van der Waals surface area (Å²) in [5.74, 6) is -0.963. The summed E-state index contributed by atoms with van der Waals surface area (Å²) in [5, 5.41) is 12.5. The first-order valence-corrected chi connectivity index (χ1v) is 10.1. The smallest absolute Gasteiger partial charge is 0.449 e. The Balaban J connectivity index is 0.000000256. The molecule has 2 atom stereocenters. The van der Waals surface area contributed by atoms with Gasteiger partial charge in [0.25, 0.3) is 0 Å². The number of Topliss-reactive ketones (excluding diaryl/α,β-unsaturated/α-hetero) is 1. The Morgan fingerprint density at radius 2 is 1.71 bits per heavy atom. The molecule has 3 nitrogen and oxygen atoms in total. The summed E-state index contributed by atoms with van der Waals surface area (Å²) < 4.78 is 36.7. The van der Waals surface area contributed by atoms with Gasteiger partial charge in [-0.2, -0.15) is 13.2 Å². The first-order valence-electron chi connectivity index (χ1n) is 8.09. The highest BCUT2D eigenvalue weighted by molar-refractivity contribution is 8.22. The number of hydrogen-bond acceptors (Lipinski definition) is 5. The zero-order valence-corrected chi connectivity index (χ0v) is 15.9. The van der Waals surface area contributed by atoms with E-state index in [1.165, 1.54) is 23.5 Å². The predicted molar refractivity (Wildman–Crippen MR) is 93.4 cm³/mol. The van der Waals surface area contributed by atoms with Gasteiger partial charge in [0, 0.05) is 29.2 Å². The van der Waals surface area contributed by atoms with Gasteiger partial charge in [-0.3, -0.25) is 4.79 Å². The Bertz CT molecular complexity index is 520. The van der Waals surface area contributed by atoms with Crippen LogP contribution in [0.15, 0.2) is 11.3 Å². The van der Waals surface area contributed by atoms with Crippen molar-refractivity contribution in [2.75, 3.05) is 11.5 Å². The van der Waals surface area contributed by atoms with Crippen LogP contribution in [0.4, 0.5) is 13.2 Å². The van der Waals surface area contributed by atoms with Gasteiger partial charge in [0.05, 0.1) is 0 Å². The van der Waals surface area contributed by atoms with Crippen molar-refractivity contribution < 1.29 is 23.1 Å². The van der Waals surface area contributed by atoms with E-state index in [0.717, 1.165) is 11.5 Å². The lowest BCUT2D eigenvalue weighted by molar-refractivity contribution is -0.127. The highest BCUT2D eigenvalue weighted by Gasteiger charge is 2.69. The molecule has 0 radical (unpaired) electrons. The molecule has 1 aliphatic heterocycles. The zero-order chi connectivity index (χ0) is 18.3. The van der Waals surface area contributed by atoms with E-state index in [2.05, 4.69) is 33.0 Å². The van der Waals surface area contributed by atoms with Gasteiger partial charge in [-0.15, -0.1) is 23.5 Å². The highest BCUT2D eigenvalue weighted by atomic mass is 32.2. The predicted octanol–water partition coefficient (Wildman–Crippen LogP) is 4.15. The Labute approximate surface area is 149 Å². The third-order valence-corrected chi connectivity index (χ3v) is 7.73. The molecular weight excluding hydrogens is 359 g/mol. The third-order valence-electron chi connectivity index (χ3n) is 4.12. The number of hydrogen-bond donors (Lipinski definition) is 2. The van der Waals surface area contributed by atoms with Gasteiger partial charge < -0.3 is 10.4 Å². The second-order valence-electron chi connectivity index (χ2n) is 6.88. The number of ketones is 1. The lowest BCUT2D eigenvalue weighted by atomic mass is 10.1. The van der Waals surface area contributed by atoms with E-state index in [4.69, 9.17) is 0 Å². The molecule has 0 unspecified atom stereocenters. The van der Waals surface area contributed by atoms with E-state index < -0.39 is 21.8 Å². The lowest BCUT2D eigenvalue weighted by Gasteiger charge is -2.21. The quantitative estimate of drug-likeness (QED) is 0.554. The van der Waals surface area contributed by atoms with Crippen molar-refractivity contribution in [3.05, 3.63) is 11.3 Å². The summed E-state index contributed by atoms with van der Waals surface area (Å²) >= 11 is 2.89. The Morgan fingerprint density at radius 3 is 2.08 bits per heavy atom. The molecule has 8 heteroatoms. The molecule has 1 spiro atoms. The molecule has 2 aliphatic carbocycles. The number of fused-ring (bicyclic) bond motifs is 2. The van der Waals surface area contributed by atoms with E-state index >= 15 is 0 Å². The van der Waals surface area contributed by atoms with Crippen LogP contribution >= 0.6 is 23.5 Å². The molecule has 0 bridgehead atoms. The van der Waals surface area contributed by atoms with Crippen LogP contribution < -0.4 is 5.32 Å². The molecule has 0 amide bonds. The van der Waals surface area contributed by atoms with Gasteiger partial charge in [-0.25, -0.2) is 0 Å². The van der Waals surface area contributed by atoms with Crippen LogP contribution in [0, 0.1) is 11.8 Å². The number of aliphatic hydroxyl groups is 1. The summed E-state index contributed by atoms with van der Waals surface area (Å²) in [6.07, 6.45) is -4.21. The second-order valence-corrected chi connectivity index (χ2v) is 9.82. The van der Waals surface area contributed by atoms with Gasteiger partial charge in [-0.1, -0.05) is 27.7 Å². The molecule has 1 saturated heterocycles. The molecule has 2 saturated carbocycles. The summed E-state index contributed by atoms with van der Waals surface area (Å²) in [6, 6.07) is 1.25. The molecule has 1 heterocycles. The third kappa shape index (κ3) is 3.90. The first kappa shape index (κ1) is 20.0. The number of allylic oxidation sites excluding steroid dienone is 2. The maximum absolute atomic E-state index is 12.5. The van der Waals surface area contributed by atoms with Crippen LogP contribution in [0.5, 0.6) is 0 Å². The Morgan fingerprint density at radius 1 is 1.21 bits per heavy atom. The normalized spacial score (nSPS) is 29.8. The topological polar surface area (TPSA) is 49.3 Å². The van der Waals surface area contributed by atoms with Crippen molar-refractivity contribution >= 4 is 29.3 Å². The highest BCUT2D eigenvalue weighted by Crippen LogP contribution is 2.70. The summed E-state index contributed by atoms with van der Waals surface area (Å²) in [5.41, 5.74) is -0.371. The molecule has 0 aromatic rings. The lowest BCUT2D eigenvalue weighted by Crippen LogP contribution is -2.30. The second kappa shape index (κ2) is 7.11. The molecule has 0 aromatic heterocycles. The van der Waals surface area contributed by atoms with Crippen LogP contribution in [0.25, 0.3) is 0 Å². The van der Waals surface area contributed by atoms with Gasteiger partial charge in [0.1, 0.15) is 4.08 Å². The Kier molecular flexibility index (Phi) is 5.92. The molecular formula is C16H24F3NO2S2. The van der Waals surface area contributed by atoms with Crippen LogP contribution in [-0.4, -0.2) is 44.7 Å². The number of rotatable bonds is 2. The van der Waals surface area contributed by atoms with Crippen molar-refractivity contribution in [2.24, 2.45) is 11.8 Å². The van der Waals surface area contributed by atoms with E-state index in [1.54, 1.807) is 0 Å². The van der Waals surface area contributed by atoms with Crippen LogP contribution in [-0.2, 0) is 4.79 Å². The summed E-state index contributed by atoms with van der Waals surface area (Å²) in [7, 11) is 0. The first-order chi connectivity index (χ1) is 11.0. The fraction of sp³-hybridized carbons (Fsp3) is 0.812. The standard InChI is InChI=1S/C10H9F3O2S2.C6H15N/c11-10(12,13)8(15)6-4-3-5(4)9(7(6)14)16-1-2-17-9;1-5(2)7-6(3)4/h4-5,15H,1-3H2;5-7H,1-4H3/b8-6-;/t4-,5+;/m0./s1. The SMILES string of the molecule is CC(C)NC(C)C.O=C1/C(=C(\O)C(F)(F)F)[C@H]2C[C@H]2C12SCCS2. The maximum Gasteiger partial charge on any atom is 0.449 e. The number of carbonyl (C=O) groups excluding carboxylic acids is 1. The van der Waals surface area contributed by atoms with Gasteiger partial charge >= 0.3 is 6.18 Å². The summed E-state index contributed by atoms with van der Waals surface area (Å²) in [4.78, 5) is 12.1. The van der Waals surface area contributed by atoms with Crippen molar-refractivity contribution in [3.63, 3.8) is 0 Å². The number of halogens is 3. The molecule has 3 fully saturated rings. The van der Waals surface area contributed by atoms with E-state index in [-0.39, 0.29) is 17.4 Å². The summed E-state index contributed by atoms with van der Waals surface area (Å²) in [6.45, 7) is 8.61. The van der Waals surface area contributed by atoms with Crippen molar-refractivity contribution in [3.8, 4) is 0 Å². The van der Waals surface area contributed by atoms with Crippen molar-refractivity contribution in [1.82, 2.24) is 5.32 Å². The fourth-order valence-electron chi connectivity index (χ4n) is 3.33. The van der Waals surface area contributed by atoms with E-state index in [9.17, 15) is 23.1 Å². The van der Waals surface area contributed by atoms with Gasteiger partial charge in [0.2, 0.25) is 5.76 Å². The Hall–Kier alpha value is -0.340. The monoisotopic (exact) mass is 383 g/mol. The minimum absolute atomic E-state index is 0.00741. The number of thioether (sulfide) groups is 2. The zero-order valence-electron chi connectivity index (χ0n) is 14.2. The van der Waals surface area contributed by atoms with E-state index in [0.29, 0.717) is 18.5 Å². The molecule has 24 heavy (non-hydrogen) atoms. The minimum Gasteiger partial charge on any atom is -0.504 e. The minimum atomic E-state index is -4.81. The van der Waals surface area contributed by atoms with Crippen LogP contribution in [0.3, 0.4) is 0 Å². The molecule has 2 N–H and O–H groups in total. The molecule has 3 aliphatic rings. The van der Waals surface area contributed by atoms with Crippen molar-refractivity contribution in [2.45, 2.75) is 56.5 Å². The van der Waals surface area contributed by atoms with E-state index in [1.807, 2.05) is 0 Å². The van der Waals surface area contributed by atoms with Gasteiger partial charge in [-0.05, 0) is 18.3 Å². The molecule has 138 valence electrons. The maximum atomic E-state index is 12.5. The number of aliphatic hydroxyl groups excluding tert-OH is 1. The number of nitrogens with one attached hydrogen (secondary N) is 1. The van der Waals surface area contributed by atoms with Gasteiger partial charge in [0.15, 0.2) is 5.78 Å². The average Bonchev–Trinajstić information content (AvgIpc) is 2.99. The number of alkyl halides is 3.